The molecule has 0 amide bonds. The van der Waals surface area contributed by atoms with Gasteiger partial charge in [-0.3, -0.25) is 14.4 Å². The Kier molecular flexibility index (Phi) is 57.9. The quantitative estimate of drug-likeness (QED) is 0.0261. The van der Waals surface area contributed by atoms with Crippen molar-refractivity contribution < 1.29 is 28.6 Å². The largest absolute Gasteiger partial charge is 0.462 e. The molecule has 0 fully saturated rings. The predicted octanol–water partition coefficient (Wildman–Crippen LogP) is 20.8. The Morgan fingerprint density at radius 2 is 0.581 bits per heavy atom. The van der Waals surface area contributed by atoms with Gasteiger partial charge in [0.25, 0.3) is 0 Å². The molecule has 0 aromatic carbocycles. The van der Waals surface area contributed by atoms with Crippen LogP contribution in [0.5, 0.6) is 0 Å². The lowest BCUT2D eigenvalue weighted by Gasteiger charge is -2.18. The molecule has 0 bridgehead atoms. The van der Waals surface area contributed by atoms with Crippen LogP contribution in [-0.2, 0) is 28.6 Å². The number of ether oxygens (including phenoxy) is 3. The van der Waals surface area contributed by atoms with Crippen molar-refractivity contribution >= 4 is 17.9 Å². The number of allylic oxidation sites excluding steroid dienone is 20. The van der Waals surface area contributed by atoms with Crippen molar-refractivity contribution in [2.24, 2.45) is 0 Å². The maximum absolute atomic E-state index is 12.8. The summed E-state index contributed by atoms with van der Waals surface area (Å²) in [4.78, 5) is 38.1. The van der Waals surface area contributed by atoms with Gasteiger partial charge in [0, 0.05) is 19.3 Å². The minimum atomic E-state index is -0.825. The first-order chi connectivity index (χ1) is 36.5. The molecule has 0 N–H and O–H groups in total. The third-order valence-corrected chi connectivity index (χ3v) is 12.7. The van der Waals surface area contributed by atoms with Gasteiger partial charge in [0.2, 0.25) is 0 Å². The van der Waals surface area contributed by atoms with E-state index in [0.717, 1.165) is 109 Å². The molecule has 0 aromatic rings. The van der Waals surface area contributed by atoms with E-state index in [1.807, 2.05) is 12.2 Å². The zero-order chi connectivity index (χ0) is 53.6. The van der Waals surface area contributed by atoms with Gasteiger partial charge < -0.3 is 14.2 Å². The predicted molar refractivity (Wildman–Crippen MR) is 320 cm³/mol. The van der Waals surface area contributed by atoms with E-state index >= 15 is 0 Å². The van der Waals surface area contributed by atoms with Gasteiger partial charge in [-0.05, 0) is 116 Å². The smallest absolute Gasteiger partial charge is 0.306 e. The molecule has 1 atom stereocenters. The Bertz CT molecular complexity index is 1550. The van der Waals surface area contributed by atoms with Gasteiger partial charge in [-0.15, -0.1) is 0 Å². The third kappa shape index (κ3) is 58.7. The van der Waals surface area contributed by atoms with Gasteiger partial charge in [0.05, 0.1) is 0 Å². The van der Waals surface area contributed by atoms with Crippen LogP contribution in [0.4, 0.5) is 0 Å². The van der Waals surface area contributed by atoms with Crippen LogP contribution >= 0.6 is 0 Å². The van der Waals surface area contributed by atoms with Crippen LogP contribution in [0.25, 0.3) is 0 Å². The average molecular weight is 1030 g/mol. The fraction of sp³-hybridized carbons (Fsp3) is 0.662. The highest BCUT2D eigenvalue weighted by Crippen LogP contribution is 2.15. The second kappa shape index (κ2) is 61.4. The number of carbonyl (C=O) groups is 3. The number of carbonyl (C=O) groups excluding carboxylic acids is 3. The summed E-state index contributed by atoms with van der Waals surface area (Å²) in [6.07, 6.45) is 85.1. The third-order valence-electron chi connectivity index (χ3n) is 12.7. The van der Waals surface area contributed by atoms with Crippen LogP contribution in [0.1, 0.15) is 271 Å². The molecule has 6 nitrogen and oxygen atoms in total. The van der Waals surface area contributed by atoms with Crippen LogP contribution in [-0.4, -0.2) is 37.2 Å². The van der Waals surface area contributed by atoms with E-state index in [2.05, 4.69) is 130 Å². The summed E-state index contributed by atoms with van der Waals surface area (Å²) in [5, 5.41) is 0. The molecule has 420 valence electrons. The van der Waals surface area contributed by atoms with E-state index in [1.54, 1.807) is 0 Å². The van der Waals surface area contributed by atoms with E-state index in [9.17, 15) is 14.4 Å². The summed E-state index contributed by atoms with van der Waals surface area (Å²) in [6.45, 7) is 6.38. The molecule has 6 heteroatoms. The highest BCUT2D eigenvalue weighted by Gasteiger charge is 2.19. The minimum absolute atomic E-state index is 0.114. The van der Waals surface area contributed by atoms with Gasteiger partial charge in [0.15, 0.2) is 6.10 Å². The van der Waals surface area contributed by atoms with Crippen LogP contribution in [0.15, 0.2) is 122 Å². The van der Waals surface area contributed by atoms with E-state index in [4.69, 9.17) is 14.2 Å². The summed E-state index contributed by atoms with van der Waals surface area (Å²) in [5.74, 6) is -1.01. The molecule has 0 aliphatic rings. The van der Waals surface area contributed by atoms with E-state index in [1.165, 1.54) is 116 Å². The SMILES string of the molecule is CC/C=C\C/C=C\C/C=C\C/C=C\C/C=C\C/C=C\CCC(=O)OC(COC(=O)CCCCCCC/C=C\CCC)COC(=O)CCCCCCCCCCCCCC/C=C\C/C=C\C/C=C\CCCCCCC. The molecule has 74 heavy (non-hydrogen) atoms. The summed E-state index contributed by atoms with van der Waals surface area (Å²) >= 11 is 0. The Hall–Kier alpha value is -4.19. The van der Waals surface area contributed by atoms with Crippen LogP contribution < -0.4 is 0 Å². The number of hydrogen-bond acceptors (Lipinski definition) is 6. The first kappa shape index (κ1) is 69.8. The van der Waals surface area contributed by atoms with Crippen molar-refractivity contribution in [2.45, 2.75) is 277 Å². The Morgan fingerprint density at radius 3 is 0.946 bits per heavy atom. The number of unbranched alkanes of at least 4 members (excludes halogenated alkanes) is 23. The number of hydrogen-bond donors (Lipinski definition) is 0. The maximum Gasteiger partial charge on any atom is 0.306 e. The topological polar surface area (TPSA) is 78.9 Å². The molecule has 0 saturated heterocycles. The van der Waals surface area contributed by atoms with Gasteiger partial charge in [0.1, 0.15) is 13.2 Å². The highest BCUT2D eigenvalue weighted by molar-refractivity contribution is 5.71. The molecule has 0 heterocycles. The monoisotopic (exact) mass is 1020 g/mol. The lowest BCUT2D eigenvalue weighted by Crippen LogP contribution is -2.30. The minimum Gasteiger partial charge on any atom is -0.462 e. The zero-order valence-corrected chi connectivity index (χ0v) is 48.1. The molecule has 0 radical (unpaired) electrons. The summed E-state index contributed by atoms with van der Waals surface area (Å²) < 4.78 is 16.8. The van der Waals surface area contributed by atoms with Crippen LogP contribution in [0, 0.1) is 0 Å². The molecule has 0 rings (SSSR count). The fourth-order valence-electron chi connectivity index (χ4n) is 8.12. The van der Waals surface area contributed by atoms with Crippen molar-refractivity contribution in [3.63, 3.8) is 0 Å². The standard InChI is InChI=1S/C68H112O6/c1-4-7-10-13-16-19-22-24-26-28-30-31-32-33-34-35-36-37-39-40-42-44-46-49-52-55-58-61-67(70)73-64-65(63-72-66(69)60-57-54-51-48-21-18-15-12-9-6-3)74-68(71)62-59-56-53-50-47-45-43-41-38-29-27-25-23-20-17-14-11-8-5-2/h8,11-12,15,17,20,22,24-25,27-28,30,32-33,38,41,45,47,53,56,65H,4-7,9-10,13-14,16,18-19,21,23,26,29,31,34-37,39-40,42-44,46,48-52,54-55,57-64H2,1-3H3/b11-8-,15-12-,20-17-,24-22-,27-25-,30-28-,33-32-,41-38-,47-45-,56-53-. The second-order valence-electron chi connectivity index (χ2n) is 19.9. The zero-order valence-electron chi connectivity index (χ0n) is 48.1. The van der Waals surface area contributed by atoms with Crippen molar-refractivity contribution in [1.29, 1.82) is 0 Å². The normalized spacial score (nSPS) is 13.0. The summed E-state index contributed by atoms with van der Waals surface area (Å²) in [7, 11) is 0. The van der Waals surface area contributed by atoms with Gasteiger partial charge >= 0.3 is 17.9 Å². The Balaban J connectivity index is 4.34. The summed E-state index contributed by atoms with van der Waals surface area (Å²) in [6, 6.07) is 0. The molecule has 0 saturated carbocycles. The second-order valence-corrected chi connectivity index (χ2v) is 19.9. The van der Waals surface area contributed by atoms with Gasteiger partial charge in [-0.25, -0.2) is 0 Å². The molecule has 0 aliphatic carbocycles. The first-order valence-corrected chi connectivity index (χ1v) is 30.5. The molecule has 0 spiro atoms. The van der Waals surface area contributed by atoms with Crippen LogP contribution in [0.3, 0.4) is 0 Å². The van der Waals surface area contributed by atoms with Crippen molar-refractivity contribution in [3.8, 4) is 0 Å². The lowest BCUT2D eigenvalue weighted by atomic mass is 10.0. The van der Waals surface area contributed by atoms with Crippen molar-refractivity contribution in [3.05, 3.63) is 122 Å². The van der Waals surface area contributed by atoms with E-state index < -0.39 is 12.1 Å². The van der Waals surface area contributed by atoms with Crippen LogP contribution in [0.2, 0.25) is 0 Å². The highest BCUT2D eigenvalue weighted by atomic mass is 16.6. The van der Waals surface area contributed by atoms with E-state index in [-0.39, 0.29) is 31.6 Å². The molecule has 0 aliphatic heterocycles. The molecular weight excluding hydrogens is 913 g/mol. The Labute approximate surface area is 456 Å². The summed E-state index contributed by atoms with van der Waals surface area (Å²) in [5.41, 5.74) is 0. The number of esters is 3. The lowest BCUT2D eigenvalue weighted by molar-refractivity contribution is -0.166. The average Bonchev–Trinajstić information content (AvgIpc) is 3.40. The van der Waals surface area contributed by atoms with Crippen molar-refractivity contribution in [2.75, 3.05) is 13.2 Å². The Morgan fingerprint density at radius 1 is 0.284 bits per heavy atom. The fourth-order valence-corrected chi connectivity index (χ4v) is 8.12. The van der Waals surface area contributed by atoms with Crippen molar-refractivity contribution in [1.82, 2.24) is 0 Å². The molecule has 1 unspecified atom stereocenters. The molecular formula is C68H112O6. The first-order valence-electron chi connectivity index (χ1n) is 30.5. The van der Waals surface area contributed by atoms with Gasteiger partial charge in [-0.2, -0.15) is 0 Å². The maximum atomic E-state index is 12.8. The van der Waals surface area contributed by atoms with E-state index in [0.29, 0.717) is 19.3 Å². The van der Waals surface area contributed by atoms with Gasteiger partial charge in [-0.1, -0.05) is 258 Å². The number of rotatable bonds is 54. The molecule has 0 aromatic heterocycles.